The van der Waals surface area contributed by atoms with Crippen LogP contribution in [0.15, 0.2) is 29.1 Å². The summed E-state index contributed by atoms with van der Waals surface area (Å²) in [7, 11) is 0. The molecule has 0 bridgehead atoms. The number of nitrogens with zero attached hydrogens (tertiary/aromatic N) is 2. The summed E-state index contributed by atoms with van der Waals surface area (Å²) in [5.41, 5.74) is -0.301. The molecule has 0 spiro atoms. The molecule has 0 unspecified atom stereocenters. The number of carbonyl (C=O) groups excluding carboxylic acids is 2. The van der Waals surface area contributed by atoms with Gasteiger partial charge in [0.1, 0.15) is 11.6 Å². The first-order valence-electron chi connectivity index (χ1n) is 10.5. The Hall–Kier alpha value is -3.57. The molecule has 2 aromatic rings. The lowest BCUT2D eigenvalue weighted by atomic mass is 9.92. The second-order valence-corrected chi connectivity index (χ2v) is 8.06. The standard InChI is InChI=1S/C21H22F3N5O4/c1-11-4-2-3-9-29(11)20-27-17-16(19(32)28-20)14(10-15(30)26-17)18(31)25-12-5-7-13(8-6-12)33-21(22,23)24/h5-8,11,14H,2-4,9-10H2,1H3,(H,25,31)(H2,26,27,28,30,32)/t11-,14-/m1/s1. The molecule has 12 heteroatoms. The van der Waals surface area contributed by atoms with E-state index in [1.54, 1.807) is 0 Å². The summed E-state index contributed by atoms with van der Waals surface area (Å²) < 4.78 is 40.7. The summed E-state index contributed by atoms with van der Waals surface area (Å²) >= 11 is 0. The Morgan fingerprint density at radius 1 is 1.21 bits per heavy atom. The van der Waals surface area contributed by atoms with Gasteiger partial charge >= 0.3 is 6.36 Å². The van der Waals surface area contributed by atoms with Gasteiger partial charge in [-0.2, -0.15) is 4.98 Å². The molecule has 1 aromatic carbocycles. The van der Waals surface area contributed by atoms with Gasteiger partial charge in [-0.3, -0.25) is 19.4 Å². The predicted octanol–water partition coefficient (Wildman–Crippen LogP) is 3.11. The van der Waals surface area contributed by atoms with Crippen LogP contribution in [0.4, 0.5) is 30.6 Å². The molecule has 0 radical (unpaired) electrons. The molecule has 2 aliphatic heterocycles. The number of nitrogens with one attached hydrogen (secondary N) is 3. The fourth-order valence-corrected chi connectivity index (χ4v) is 4.10. The van der Waals surface area contributed by atoms with Crippen LogP contribution in [0.1, 0.15) is 44.1 Å². The van der Waals surface area contributed by atoms with Crippen LogP contribution in [-0.2, 0) is 9.59 Å². The van der Waals surface area contributed by atoms with Crippen molar-refractivity contribution in [2.45, 2.75) is 50.9 Å². The highest BCUT2D eigenvalue weighted by Crippen LogP contribution is 2.32. The zero-order valence-electron chi connectivity index (χ0n) is 17.7. The number of anilines is 3. The molecule has 3 heterocycles. The lowest BCUT2D eigenvalue weighted by Gasteiger charge is -2.34. The van der Waals surface area contributed by atoms with Crippen LogP contribution in [0.3, 0.4) is 0 Å². The van der Waals surface area contributed by atoms with Crippen molar-refractivity contribution in [1.82, 2.24) is 9.97 Å². The normalized spacial score (nSPS) is 20.6. The smallest absolute Gasteiger partial charge is 0.406 e. The molecule has 2 amide bonds. The Morgan fingerprint density at radius 2 is 1.94 bits per heavy atom. The number of H-pyrrole nitrogens is 1. The van der Waals surface area contributed by atoms with E-state index in [2.05, 4.69) is 25.3 Å². The first kappa shape index (κ1) is 22.6. The van der Waals surface area contributed by atoms with Crippen LogP contribution in [0.5, 0.6) is 5.75 Å². The van der Waals surface area contributed by atoms with Crippen LogP contribution >= 0.6 is 0 Å². The number of halogens is 3. The first-order chi connectivity index (χ1) is 15.6. The van der Waals surface area contributed by atoms with Crippen LogP contribution in [-0.4, -0.2) is 40.7 Å². The minimum Gasteiger partial charge on any atom is -0.406 e. The van der Waals surface area contributed by atoms with Crippen molar-refractivity contribution in [3.8, 4) is 5.75 Å². The molecular weight excluding hydrogens is 443 g/mol. The molecule has 2 atom stereocenters. The molecule has 0 saturated carbocycles. The van der Waals surface area contributed by atoms with Crippen LogP contribution in [0, 0.1) is 0 Å². The van der Waals surface area contributed by atoms with Gasteiger partial charge in [-0.15, -0.1) is 13.2 Å². The number of ether oxygens (including phenoxy) is 1. The van der Waals surface area contributed by atoms with E-state index < -0.39 is 35.4 Å². The van der Waals surface area contributed by atoms with Crippen molar-refractivity contribution in [3.05, 3.63) is 40.2 Å². The lowest BCUT2D eigenvalue weighted by molar-refractivity contribution is -0.274. The number of hydrogen-bond donors (Lipinski definition) is 3. The second kappa shape index (κ2) is 8.75. The molecule has 1 saturated heterocycles. The van der Waals surface area contributed by atoms with E-state index in [4.69, 9.17) is 0 Å². The molecule has 3 N–H and O–H groups in total. The minimum absolute atomic E-state index is 0.0387. The van der Waals surface area contributed by atoms with Gasteiger partial charge in [0.15, 0.2) is 0 Å². The summed E-state index contributed by atoms with van der Waals surface area (Å²) in [6.07, 6.45) is -2.11. The Bertz CT molecular complexity index is 1120. The maximum absolute atomic E-state index is 12.9. The predicted molar refractivity (Wildman–Crippen MR) is 113 cm³/mol. The topological polar surface area (TPSA) is 116 Å². The molecular formula is C21H22F3N5O4. The summed E-state index contributed by atoms with van der Waals surface area (Å²) in [6.45, 7) is 2.74. The van der Waals surface area contributed by atoms with Crippen molar-refractivity contribution in [2.24, 2.45) is 0 Å². The number of aromatic amines is 1. The zero-order valence-corrected chi connectivity index (χ0v) is 17.7. The zero-order chi connectivity index (χ0) is 23.8. The van der Waals surface area contributed by atoms with Gasteiger partial charge in [0, 0.05) is 24.7 Å². The maximum Gasteiger partial charge on any atom is 0.573 e. The number of hydrogen-bond acceptors (Lipinski definition) is 6. The van der Waals surface area contributed by atoms with E-state index in [9.17, 15) is 27.6 Å². The third-order valence-corrected chi connectivity index (χ3v) is 5.69. The Kier molecular flexibility index (Phi) is 6.00. The number of benzene rings is 1. The SMILES string of the molecule is C[C@@H]1CCCCN1c1nc2c(c(=O)[nH]1)[C@H](C(=O)Nc1ccc(OC(F)(F)F)cc1)CC(=O)N2. The van der Waals surface area contributed by atoms with Gasteiger partial charge in [0.05, 0.1) is 11.5 Å². The van der Waals surface area contributed by atoms with Crippen LogP contribution in [0.2, 0.25) is 0 Å². The number of alkyl halides is 3. The molecule has 9 nitrogen and oxygen atoms in total. The summed E-state index contributed by atoms with van der Waals surface area (Å²) in [4.78, 5) is 47.2. The van der Waals surface area contributed by atoms with Gasteiger partial charge in [0.25, 0.3) is 5.56 Å². The van der Waals surface area contributed by atoms with E-state index in [1.165, 1.54) is 12.1 Å². The number of aromatic nitrogens is 2. The van der Waals surface area contributed by atoms with Crippen molar-refractivity contribution in [2.75, 3.05) is 22.1 Å². The molecule has 1 aromatic heterocycles. The van der Waals surface area contributed by atoms with Gasteiger partial charge in [-0.1, -0.05) is 0 Å². The quantitative estimate of drug-likeness (QED) is 0.639. The number of carbonyl (C=O) groups is 2. The van der Waals surface area contributed by atoms with E-state index in [0.29, 0.717) is 5.95 Å². The monoisotopic (exact) mass is 465 g/mol. The van der Waals surface area contributed by atoms with Crippen molar-refractivity contribution in [3.63, 3.8) is 0 Å². The van der Waals surface area contributed by atoms with Crippen LogP contribution in [0.25, 0.3) is 0 Å². The summed E-state index contributed by atoms with van der Waals surface area (Å²) in [6, 6.07) is 4.72. The third kappa shape index (κ3) is 5.10. The van der Waals surface area contributed by atoms with Gasteiger partial charge in [-0.25, -0.2) is 0 Å². The first-order valence-corrected chi connectivity index (χ1v) is 10.5. The number of fused-ring (bicyclic) bond motifs is 1. The summed E-state index contributed by atoms with van der Waals surface area (Å²) in [5, 5.41) is 5.10. The minimum atomic E-state index is -4.83. The van der Waals surface area contributed by atoms with Crippen LogP contribution < -0.4 is 25.8 Å². The fourth-order valence-electron chi connectivity index (χ4n) is 4.10. The highest BCUT2D eigenvalue weighted by molar-refractivity contribution is 6.04. The Morgan fingerprint density at radius 3 is 2.61 bits per heavy atom. The average Bonchev–Trinajstić information content (AvgIpc) is 2.73. The number of piperidine rings is 1. The molecule has 1 fully saturated rings. The molecule has 4 rings (SSSR count). The molecule has 2 aliphatic rings. The van der Waals surface area contributed by atoms with Gasteiger partial charge < -0.3 is 20.3 Å². The largest absolute Gasteiger partial charge is 0.573 e. The van der Waals surface area contributed by atoms with Crippen molar-refractivity contribution < 1.29 is 27.5 Å². The highest BCUT2D eigenvalue weighted by Gasteiger charge is 2.36. The van der Waals surface area contributed by atoms with Gasteiger partial charge in [-0.05, 0) is 50.5 Å². The second-order valence-electron chi connectivity index (χ2n) is 8.06. The fraction of sp³-hybridized carbons (Fsp3) is 0.429. The van der Waals surface area contributed by atoms with Gasteiger partial charge in [0.2, 0.25) is 17.8 Å². The Balaban J connectivity index is 1.56. The van der Waals surface area contributed by atoms with E-state index in [-0.39, 0.29) is 29.5 Å². The van der Waals surface area contributed by atoms with E-state index in [1.807, 2.05) is 11.8 Å². The van der Waals surface area contributed by atoms with Crippen molar-refractivity contribution in [1.29, 1.82) is 0 Å². The number of amides is 2. The summed E-state index contributed by atoms with van der Waals surface area (Å²) in [5.74, 6) is -2.29. The number of rotatable bonds is 4. The third-order valence-electron chi connectivity index (χ3n) is 5.69. The lowest BCUT2D eigenvalue weighted by Crippen LogP contribution is -2.41. The molecule has 33 heavy (non-hydrogen) atoms. The van der Waals surface area contributed by atoms with E-state index >= 15 is 0 Å². The van der Waals surface area contributed by atoms with E-state index in [0.717, 1.165) is 37.9 Å². The molecule has 0 aliphatic carbocycles. The molecule has 176 valence electrons. The van der Waals surface area contributed by atoms with Crippen molar-refractivity contribution >= 4 is 29.3 Å². The Labute approximate surface area is 186 Å². The average molecular weight is 465 g/mol. The maximum atomic E-state index is 12.9. The highest BCUT2D eigenvalue weighted by atomic mass is 19.4.